The van der Waals surface area contributed by atoms with E-state index in [0.29, 0.717) is 6.20 Å². The molecule has 1 heterocycles. The van der Waals surface area contributed by atoms with E-state index in [1.54, 1.807) is 0 Å². The molecular formula is C9H4BrClF5NO2. The molecule has 0 aliphatic carbocycles. The zero-order valence-corrected chi connectivity index (χ0v) is 11.1. The Balaban J connectivity index is 3.50. The first-order valence-corrected chi connectivity index (χ1v) is 5.98. The summed E-state index contributed by atoms with van der Waals surface area (Å²) < 4.78 is 65.4. The SMILES string of the molecule is O=C(Cl)c1ncc(C(F)F)c(OC(F)(F)F)c1CBr. The molecule has 0 spiro atoms. The van der Waals surface area contributed by atoms with Gasteiger partial charge in [0.05, 0.1) is 5.56 Å². The third-order valence-corrected chi connectivity index (χ3v) is 2.67. The maximum Gasteiger partial charge on any atom is 0.573 e. The fraction of sp³-hybridized carbons (Fsp3) is 0.333. The van der Waals surface area contributed by atoms with Gasteiger partial charge in [-0.2, -0.15) is 0 Å². The number of carbonyl (C=O) groups is 1. The van der Waals surface area contributed by atoms with Crippen LogP contribution in [0.25, 0.3) is 0 Å². The van der Waals surface area contributed by atoms with Gasteiger partial charge < -0.3 is 4.74 Å². The van der Waals surface area contributed by atoms with E-state index in [9.17, 15) is 26.7 Å². The number of carbonyl (C=O) groups excluding carboxylic acids is 1. The number of nitrogens with zero attached hydrogens (tertiary/aromatic N) is 1. The number of aromatic nitrogens is 1. The highest BCUT2D eigenvalue weighted by Crippen LogP contribution is 2.37. The highest BCUT2D eigenvalue weighted by Gasteiger charge is 2.36. The minimum absolute atomic E-state index is 0.361. The summed E-state index contributed by atoms with van der Waals surface area (Å²) >= 11 is 7.89. The van der Waals surface area contributed by atoms with Crippen molar-refractivity contribution in [3.63, 3.8) is 0 Å². The van der Waals surface area contributed by atoms with Crippen LogP contribution in [0.2, 0.25) is 0 Å². The molecule has 19 heavy (non-hydrogen) atoms. The molecule has 0 saturated heterocycles. The average Bonchev–Trinajstić information content (AvgIpc) is 2.25. The maximum atomic E-state index is 12.6. The molecule has 0 amide bonds. The molecule has 1 rings (SSSR count). The number of rotatable bonds is 4. The third-order valence-electron chi connectivity index (χ3n) is 1.93. The molecule has 0 bridgehead atoms. The van der Waals surface area contributed by atoms with Crippen molar-refractivity contribution >= 4 is 32.8 Å². The Kier molecular flexibility index (Phi) is 5.08. The lowest BCUT2D eigenvalue weighted by Gasteiger charge is -2.17. The molecule has 0 atom stereocenters. The van der Waals surface area contributed by atoms with Crippen LogP contribution < -0.4 is 4.74 Å². The monoisotopic (exact) mass is 367 g/mol. The smallest absolute Gasteiger partial charge is 0.405 e. The van der Waals surface area contributed by atoms with Gasteiger partial charge in [0.2, 0.25) is 0 Å². The van der Waals surface area contributed by atoms with Crippen molar-refractivity contribution in [1.29, 1.82) is 0 Å². The van der Waals surface area contributed by atoms with E-state index >= 15 is 0 Å². The topological polar surface area (TPSA) is 39.2 Å². The first-order chi connectivity index (χ1) is 8.67. The highest BCUT2D eigenvalue weighted by molar-refractivity contribution is 9.08. The van der Waals surface area contributed by atoms with E-state index < -0.39 is 40.6 Å². The van der Waals surface area contributed by atoms with Gasteiger partial charge in [-0.3, -0.25) is 9.78 Å². The van der Waals surface area contributed by atoms with Gasteiger partial charge >= 0.3 is 6.36 Å². The number of hydrogen-bond acceptors (Lipinski definition) is 3. The van der Waals surface area contributed by atoms with Crippen LogP contribution in [0.3, 0.4) is 0 Å². The molecule has 0 saturated carbocycles. The molecule has 3 nitrogen and oxygen atoms in total. The molecule has 0 N–H and O–H groups in total. The summed E-state index contributed by atoms with van der Waals surface area (Å²) in [5.41, 5.74) is -2.15. The summed E-state index contributed by atoms with van der Waals surface area (Å²) in [6.45, 7) is 0. The second kappa shape index (κ2) is 6.00. The summed E-state index contributed by atoms with van der Waals surface area (Å²) in [6.07, 6.45) is -8.01. The van der Waals surface area contributed by atoms with Crippen LogP contribution in [0.15, 0.2) is 6.20 Å². The lowest BCUT2D eigenvalue weighted by molar-refractivity contribution is -0.275. The minimum Gasteiger partial charge on any atom is -0.405 e. The molecule has 1 aromatic heterocycles. The van der Waals surface area contributed by atoms with Crippen molar-refractivity contribution < 1.29 is 31.5 Å². The standard InChI is InChI=1S/C9H4BrClF5NO2/c10-1-3-5(7(11)18)17-2-4(8(12)13)6(3)19-9(14,15)16/h2,8H,1H2. The summed E-state index contributed by atoms with van der Waals surface area (Å²) in [4.78, 5) is 14.3. The molecule has 0 fully saturated rings. The Bertz CT molecular complexity index is 494. The van der Waals surface area contributed by atoms with Gasteiger partial charge in [0.25, 0.3) is 11.7 Å². The molecule has 0 aliphatic rings. The zero-order valence-electron chi connectivity index (χ0n) is 8.77. The van der Waals surface area contributed by atoms with E-state index in [2.05, 4.69) is 25.7 Å². The van der Waals surface area contributed by atoms with Crippen LogP contribution in [-0.2, 0) is 5.33 Å². The van der Waals surface area contributed by atoms with Crippen LogP contribution in [0.5, 0.6) is 5.75 Å². The fourth-order valence-electron chi connectivity index (χ4n) is 1.24. The average molecular weight is 368 g/mol. The number of alkyl halides is 6. The normalized spacial score (nSPS) is 11.8. The first-order valence-electron chi connectivity index (χ1n) is 4.48. The predicted molar refractivity (Wildman–Crippen MR) is 58.7 cm³/mol. The van der Waals surface area contributed by atoms with Gasteiger partial charge in [0, 0.05) is 17.1 Å². The largest absolute Gasteiger partial charge is 0.573 e. The van der Waals surface area contributed by atoms with E-state index in [1.165, 1.54) is 0 Å². The van der Waals surface area contributed by atoms with Crippen LogP contribution in [0.4, 0.5) is 22.0 Å². The van der Waals surface area contributed by atoms with Crippen LogP contribution in [-0.4, -0.2) is 16.6 Å². The molecule has 0 aliphatic heterocycles. The molecule has 106 valence electrons. The Morgan fingerprint density at radius 3 is 2.42 bits per heavy atom. The summed E-state index contributed by atoms with van der Waals surface area (Å²) in [5, 5.41) is -1.54. The molecule has 0 radical (unpaired) electrons. The van der Waals surface area contributed by atoms with Gasteiger partial charge in [0.1, 0.15) is 11.4 Å². The Labute approximate surface area is 116 Å². The van der Waals surface area contributed by atoms with Crippen molar-refractivity contribution in [2.24, 2.45) is 0 Å². The van der Waals surface area contributed by atoms with Gasteiger partial charge in [-0.25, -0.2) is 8.78 Å². The van der Waals surface area contributed by atoms with Crippen molar-refractivity contribution in [2.45, 2.75) is 18.1 Å². The maximum absolute atomic E-state index is 12.6. The second-order valence-corrected chi connectivity index (χ2v) is 4.03. The Morgan fingerprint density at radius 2 is 2.05 bits per heavy atom. The molecule has 10 heteroatoms. The molecule has 0 unspecified atom stereocenters. The van der Waals surface area contributed by atoms with Crippen molar-refractivity contribution in [3.8, 4) is 5.75 Å². The van der Waals surface area contributed by atoms with Crippen LogP contribution >= 0.6 is 27.5 Å². The Hall–Kier alpha value is -0.960. The molecule has 1 aromatic rings. The Morgan fingerprint density at radius 1 is 1.47 bits per heavy atom. The van der Waals surface area contributed by atoms with Crippen LogP contribution in [0, 0.1) is 0 Å². The minimum atomic E-state index is -5.19. The third kappa shape index (κ3) is 4.00. The zero-order chi connectivity index (χ0) is 14.8. The number of halogens is 7. The van der Waals surface area contributed by atoms with Crippen molar-refractivity contribution in [2.75, 3.05) is 0 Å². The lowest BCUT2D eigenvalue weighted by atomic mass is 10.1. The van der Waals surface area contributed by atoms with Crippen molar-refractivity contribution in [3.05, 3.63) is 23.0 Å². The van der Waals surface area contributed by atoms with E-state index in [4.69, 9.17) is 11.6 Å². The number of ether oxygens (including phenoxy) is 1. The number of pyridine rings is 1. The van der Waals surface area contributed by atoms with Crippen molar-refractivity contribution in [1.82, 2.24) is 4.98 Å². The molecule has 0 aromatic carbocycles. The van der Waals surface area contributed by atoms with Crippen LogP contribution in [0.1, 0.15) is 28.0 Å². The predicted octanol–water partition coefficient (Wildman–Crippen LogP) is 4.19. The first kappa shape index (κ1) is 16.1. The quantitative estimate of drug-likeness (QED) is 0.454. The molecular weight excluding hydrogens is 364 g/mol. The van der Waals surface area contributed by atoms with Gasteiger partial charge in [-0.15, -0.1) is 13.2 Å². The van der Waals surface area contributed by atoms with Gasteiger partial charge in [-0.05, 0) is 11.6 Å². The van der Waals surface area contributed by atoms with Gasteiger partial charge in [-0.1, -0.05) is 15.9 Å². The summed E-state index contributed by atoms with van der Waals surface area (Å²) in [6, 6.07) is 0. The van der Waals surface area contributed by atoms with E-state index in [-0.39, 0.29) is 5.33 Å². The fourth-order valence-corrected chi connectivity index (χ4v) is 1.92. The number of hydrogen-bond donors (Lipinski definition) is 0. The highest BCUT2D eigenvalue weighted by atomic mass is 79.9. The lowest BCUT2D eigenvalue weighted by Crippen LogP contribution is -2.20. The van der Waals surface area contributed by atoms with E-state index in [1.807, 2.05) is 0 Å². The summed E-state index contributed by atoms with van der Waals surface area (Å²) in [7, 11) is 0. The second-order valence-electron chi connectivity index (χ2n) is 3.13. The van der Waals surface area contributed by atoms with Gasteiger partial charge in [0.15, 0.2) is 0 Å². The van der Waals surface area contributed by atoms with E-state index in [0.717, 1.165) is 0 Å². The summed E-state index contributed by atoms with van der Waals surface area (Å²) in [5.74, 6) is -1.17.